The number of halogens is 1. The van der Waals surface area contributed by atoms with E-state index < -0.39 is 0 Å². The third-order valence-corrected chi connectivity index (χ3v) is 4.66. The molecule has 112 valence electrons. The molecule has 2 atom stereocenters. The van der Waals surface area contributed by atoms with Crippen LogP contribution in [0.1, 0.15) is 44.7 Å². The molecule has 1 aliphatic heterocycles. The topological polar surface area (TPSA) is 30.5 Å². The van der Waals surface area contributed by atoms with Gasteiger partial charge in [0.2, 0.25) is 0 Å². The molecule has 0 spiro atoms. The van der Waals surface area contributed by atoms with E-state index in [0.29, 0.717) is 0 Å². The Bertz CT molecular complexity index is 444. The largest absolute Gasteiger partial charge is 0.497 e. The molecule has 2 unspecified atom stereocenters. The molecule has 0 saturated carbocycles. The van der Waals surface area contributed by atoms with Crippen LogP contribution >= 0.6 is 15.9 Å². The zero-order valence-corrected chi connectivity index (χ0v) is 14.1. The molecule has 3 nitrogen and oxygen atoms in total. The van der Waals surface area contributed by atoms with Crippen LogP contribution in [-0.4, -0.2) is 25.9 Å². The third-order valence-electron chi connectivity index (χ3n) is 3.98. The summed E-state index contributed by atoms with van der Waals surface area (Å²) in [5, 5.41) is 3.65. The highest BCUT2D eigenvalue weighted by molar-refractivity contribution is 9.10. The van der Waals surface area contributed by atoms with E-state index in [1.54, 1.807) is 7.11 Å². The summed E-state index contributed by atoms with van der Waals surface area (Å²) in [6, 6.07) is 6.36. The lowest BCUT2D eigenvalue weighted by Gasteiger charge is -2.35. The van der Waals surface area contributed by atoms with E-state index >= 15 is 0 Å². The second kappa shape index (κ2) is 6.92. The number of methoxy groups -OCH3 is 1. The van der Waals surface area contributed by atoms with Crippen molar-refractivity contribution in [3.63, 3.8) is 0 Å². The summed E-state index contributed by atoms with van der Waals surface area (Å²) in [4.78, 5) is 0. The number of ether oxygens (including phenoxy) is 2. The van der Waals surface area contributed by atoms with Gasteiger partial charge in [0.1, 0.15) is 5.75 Å². The van der Waals surface area contributed by atoms with Gasteiger partial charge in [0.15, 0.2) is 0 Å². The summed E-state index contributed by atoms with van der Waals surface area (Å²) in [5.41, 5.74) is 1.11. The molecule has 0 bridgehead atoms. The van der Waals surface area contributed by atoms with Crippen molar-refractivity contribution in [2.75, 3.05) is 20.3 Å². The van der Waals surface area contributed by atoms with Crippen molar-refractivity contribution in [3.05, 3.63) is 28.2 Å². The molecule has 4 heteroatoms. The number of rotatable bonds is 6. The molecule has 1 saturated heterocycles. The number of hydrogen-bond acceptors (Lipinski definition) is 3. The SMILES string of the molecule is CCCNC(c1ccc(OC)cc1Br)C1(C)CCCO1. The van der Waals surface area contributed by atoms with Gasteiger partial charge in [-0.1, -0.05) is 28.9 Å². The fourth-order valence-electron chi connectivity index (χ4n) is 2.84. The summed E-state index contributed by atoms with van der Waals surface area (Å²) < 4.78 is 12.4. The van der Waals surface area contributed by atoms with E-state index in [1.165, 1.54) is 5.56 Å². The first-order chi connectivity index (χ1) is 9.60. The van der Waals surface area contributed by atoms with Gasteiger partial charge in [-0.15, -0.1) is 0 Å². The quantitative estimate of drug-likeness (QED) is 0.845. The standard InChI is InChI=1S/C16H24BrNO2/c1-4-9-18-15(16(2)8-5-10-20-16)13-7-6-12(19-3)11-14(13)17/h6-7,11,15,18H,4-5,8-10H2,1-3H3. The Morgan fingerprint density at radius 3 is 2.85 bits per heavy atom. The van der Waals surface area contributed by atoms with Crippen LogP contribution in [0.3, 0.4) is 0 Å². The summed E-state index contributed by atoms with van der Waals surface area (Å²) in [6.45, 7) is 6.24. The van der Waals surface area contributed by atoms with Gasteiger partial charge in [-0.25, -0.2) is 0 Å². The molecular weight excluding hydrogens is 318 g/mol. The van der Waals surface area contributed by atoms with Crippen molar-refractivity contribution < 1.29 is 9.47 Å². The van der Waals surface area contributed by atoms with Crippen LogP contribution in [0.4, 0.5) is 0 Å². The zero-order valence-electron chi connectivity index (χ0n) is 12.5. The first-order valence-electron chi connectivity index (χ1n) is 7.31. The average molecular weight is 342 g/mol. The number of nitrogens with one attached hydrogen (secondary N) is 1. The van der Waals surface area contributed by atoms with Crippen LogP contribution in [0.15, 0.2) is 22.7 Å². The minimum absolute atomic E-state index is 0.133. The normalized spacial score (nSPS) is 23.8. The van der Waals surface area contributed by atoms with E-state index in [9.17, 15) is 0 Å². The van der Waals surface area contributed by atoms with Crippen LogP contribution in [0.5, 0.6) is 5.75 Å². The van der Waals surface area contributed by atoms with Crippen LogP contribution in [0.25, 0.3) is 0 Å². The molecule has 1 heterocycles. The summed E-state index contributed by atoms with van der Waals surface area (Å²) in [6.07, 6.45) is 3.34. The maximum atomic E-state index is 6.05. The molecule has 1 N–H and O–H groups in total. The van der Waals surface area contributed by atoms with Crippen molar-refractivity contribution in [3.8, 4) is 5.75 Å². The predicted molar refractivity (Wildman–Crippen MR) is 85.3 cm³/mol. The fourth-order valence-corrected chi connectivity index (χ4v) is 3.43. The van der Waals surface area contributed by atoms with Crippen molar-refractivity contribution >= 4 is 15.9 Å². The minimum Gasteiger partial charge on any atom is -0.497 e. The molecule has 0 aromatic heterocycles. The van der Waals surface area contributed by atoms with Crippen molar-refractivity contribution in [2.24, 2.45) is 0 Å². The van der Waals surface area contributed by atoms with Gasteiger partial charge in [-0.3, -0.25) is 0 Å². The van der Waals surface area contributed by atoms with Crippen molar-refractivity contribution in [1.82, 2.24) is 5.32 Å². The Morgan fingerprint density at radius 2 is 2.30 bits per heavy atom. The van der Waals surface area contributed by atoms with Crippen LogP contribution in [0.2, 0.25) is 0 Å². The number of hydrogen-bond donors (Lipinski definition) is 1. The van der Waals surface area contributed by atoms with Gasteiger partial charge in [0.05, 0.1) is 18.8 Å². The highest BCUT2D eigenvalue weighted by Gasteiger charge is 2.39. The maximum absolute atomic E-state index is 6.05. The zero-order chi connectivity index (χ0) is 14.6. The van der Waals surface area contributed by atoms with Crippen molar-refractivity contribution in [2.45, 2.75) is 44.8 Å². The molecule has 1 aromatic rings. The van der Waals surface area contributed by atoms with E-state index in [4.69, 9.17) is 9.47 Å². The van der Waals surface area contributed by atoms with Crippen LogP contribution in [-0.2, 0) is 4.74 Å². The monoisotopic (exact) mass is 341 g/mol. The van der Waals surface area contributed by atoms with Gasteiger partial charge in [-0.05, 0) is 50.4 Å². The molecule has 2 rings (SSSR count). The first-order valence-corrected chi connectivity index (χ1v) is 8.11. The molecule has 0 aliphatic carbocycles. The van der Waals surface area contributed by atoms with Gasteiger partial charge < -0.3 is 14.8 Å². The Hall–Kier alpha value is -0.580. The second-order valence-corrected chi connectivity index (χ2v) is 6.39. The predicted octanol–water partition coefficient (Wildman–Crippen LogP) is 4.07. The summed E-state index contributed by atoms with van der Waals surface area (Å²) in [5.74, 6) is 0.868. The Kier molecular flexibility index (Phi) is 5.47. The lowest BCUT2D eigenvalue weighted by atomic mass is 9.87. The highest BCUT2D eigenvalue weighted by Crippen LogP contribution is 2.40. The number of benzene rings is 1. The smallest absolute Gasteiger partial charge is 0.120 e. The van der Waals surface area contributed by atoms with E-state index in [-0.39, 0.29) is 11.6 Å². The molecule has 0 amide bonds. The third kappa shape index (κ3) is 3.35. The molecule has 1 aliphatic rings. The average Bonchev–Trinajstić information content (AvgIpc) is 2.88. The first kappa shape index (κ1) is 15.8. The Balaban J connectivity index is 2.30. The van der Waals surface area contributed by atoms with Crippen LogP contribution < -0.4 is 10.1 Å². The fraction of sp³-hybridized carbons (Fsp3) is 0.625. The van der Waals surface area contributed by atoms with E-state index in [1.807, 2.05) is 12.1 Å². The van der Waals surface area contributed by atoms with E-state index in [0.717, 1.165) is 42.6 Å². The lowest BCUT2D eigenvalue weighted by molar-refractivity contribution is -0.0126. The van der Waals surface area contributed by atoms with Crippen molar-refractivity contribution in [1.29, 1.82) is 0 Å². The van der Waals surface area contributed by atoms with Gasteiger partial charge in [0.25, 0.3) is 0 Å². The van der Waals surface area contributed by atoms with Gasteiger partial charge in [-0.2, -0.15) is 0 Å². The molecule has 0 radical (unpaired) electrons. The highest BCUT2D eigenvalue weighted by atomic mass is 79.9. The minimum atomic E-state index is -0.133. The molecular formula is C16H24BrNO2. The molecule has 1 aromatic carbocycles. The van der Waals surface area contributed by atoms with Gasteiger partial charge >= 0.3 is 0 Å². The van der Waals surface area contributed by atoms with E-state index in [2.05, 4.69) is 41.2 Å². The molecule has 20 heavy (non-hydrogen) atoms. The molecule has 1 fully saturated rings. The lowest BCUT2D eigenvalue weighted by Crippen LogP contribution is -2.41. The second-order valence-electron chi connectivity index (χ2n) is 5.54. The maximum Gasteiger partial charge on any atom is 0.120 e. The Morgan fingerprint density at radius 1 is 1.50 bits per heavy atom. The summed E-state index contributed by atoms with van der Waals surface area (Å²) >= 11 is 3.68. The van der Waals surface area contributed by atoms with Gasteiger partial charge in [0, 0.05) is 11.1 Å². The Labute approximate surface area is 130 Å². The summed E-state index contributed by atoms with van der Waals surface area (Å²) in [7, 11) is 1.69. The van der Waals surface area contributed by atoms with Crippen LogP contribution in [0, 0.1) is 0 Å².